The van der Waals surface area contributed by atoms with Gasteiger partial charge in [-0.2, -0.15) is 0 Å². The topological polar surface area (TPSA) is 38.8 Å². The molecule has 1 saturated heterocycles. The summed E-state index contributed by atoms with van der Waals surface area (Å²) in [6.07, 6.45) is 1.43. The standard InChI is InChI=1S/C16H23NO3/c1-12-13(2)20-11-10-17(12)16(18)9-6-14-4-7-15(19-3)8-5-14/h4-5,7-8,12-13H,6,9-11H2,1-3H3. The molecule has 1 fully saturated rings. The van der Waals surface area contributed by atoms with Crippen LogP contribution in [-0.2, 0) is 16.0 Å². The minimum absolute atomic E-state index is 0.119. The Hall–Kier alpha value is -1.55. The minimum Gasteiger partial charge on any atom is -0.497 e. The predicted octanol–water partition coefficient (Wildman–Crippen LogP) is 2.26. The Labute approximate surface area is 120 Å². The summed E-state index contributed by atoms with van der Waals surface area (Å²) in [4.78, 5) is 14.2. The molecule has 4 nitrogen and oxygen atoms in total. The lowest BCUT2D eigenvalue weighted by molar-refractivity contribution is -0.143. The monoisotopic (exact) mass is 277 g/mol. The number of rotatable bonds is 4. The quantitative estimate of drug-likeness (QED) is 0.847. The molecule has 4 heteroatoms. The van der Waals surface area contributed by atoms with E-state index >= 15 is 0 Å². The number of hydrogen-bond donors (Lipinski definition) is 0. The lowest BCUT2D eigenvalue weighted by atomic mass is 10.1. The van der Waals surface area contributed by atoms with Crippen LogP contribution in [0.3, 0.4) is 0 Å². The fourth-order valence-corrected chi connectivity index (χ4v) is 2.47. The van der Waals surface area contributed by atoms with E-state index in [1.54, 1.807) is 7.11 Å². The van der Waals surface area contributed by atoms with Crippen molar-refractivity contribution in [1.82, 2.24) is 4.90 Å². The number of hydrogen-bond acceptors (Lipinski definition) is 3. The molecule has 0 aromatic heterocycles. The third-order valence-electron chi connectivity index (χ3n) is 3.99. The van der Waals surface area contributed by atoms with Crippen molar-refractivity contribution in [3.05, 3.63) is 29.8 Å². The van der Waals surface area contributed by atoms with Crippen LogP contribution in [0.4, 0.5) is 0 Å². The Bertz CT molecular complexity index is 444. The molecule has 20 heavy (non-hydrogen) atoms. The van der Waals surface area contributed by atoms with Crippen LogP contribution in [0, 0.1) is 0 Å². The van der Waals surface area contributed by atoms with E-state index < -0.39 is 0 Å². The van der Waals surface area contributed by atoms with Gasteiger partial charge in [-0.15, -0.1) is 0 Å². The Balaban J connectivity index is 1.87. The zero-order valence-corrected chi connectivity index (χ0v) is 12.5. The Morgan fingerprint density at radius 3 is 2.70 bits per heavy atom. The zero-order chi connectivity index (χ0) is 14.5. The van der Waals surface area contributed by atoms with E-state index in [0.29, 0.717) is 19.6 Å². The smallest absolute Gasteiger partial charge is 0.223 e. The van der Waals surface area contributed by atoms with Crippen molar-refractivity contribution < 1.29 is 14.3 Å². The summed E-state index contributed by atoms with van der Waals surface area (Å²) in [7, 11) is 1.65. The molecular formula is C16H23NO3. The van der Waals surface area contributed by atoms with Crippen LogP contribution in [-0.4, -0.2) is 43.2 Å². The van der Waals surface area contributed by atoms with Crippen molar-refractivity contribution >= 4 is 5.91 Å². The third kappa shape index (κ3) is 3.51. The SMILES string of the molecule is COc1ccc(CCC(=O)N2CCOC(C)C2C)cc1. The molecular weight excluding hydrogens is 254 g/mol. The van der Waals surface area contributed by atoms with Gasteiger partial charge in [-0.25, -0.2) is 0 Å². The molecule has 110 valence electrons. The predicted molar refractivity (Wildman–Crippen MR) is 77.9 cm³/mol. The normalized spacial score (nSPS) is 22.6. The molecule has 0 radical (unpaired) electrons. The number of carbonyl (C=O) groups is 1. The maximum absolute atomic E-state index is 12.3. The van der Waals surface area contributed by atoms with Crippen LogP contribution in [0.25, 0.3) is 0 Å². The van der Waals surface area contributed by atoms with Gasteiger partial charge in [0.25, 0.3) is 0 Å². The van der Waals surface area contributed by atoms with Crippen LogP contribution in [0.5, 0.6) is 5.75 Å². The minimum atomic E-state index is 0.119. The van der Waals surface area contributed by atoms with E-state index in [-0.39, 0.29) is 18.1 Å². The molecule has 1 aromatic carbocycles. The third-order valence-corrected chi connectivity index (χ3v) is 3.99. The highest BCUT2D eigenvalue weighted by atomic mass is 16.5. The summed E-state index contributed by atoms with van der Waals surface area (Å²) < 4.78 is 10.7. The van der Waals surface area contributed by atoms with Gasteiger partial charge >= 0.3 is 0 Å². The number of ether oxygens (including phenoxy) is 2. The fourth-order valence-electron chi connectivity index (χ4n) is 2.47. The number of nitrogens with zero attached hydrogens (tertiary/aromatic N) is 1. The maximum atomic E-state index is 12.3. The summed E-state index contributed by atoms with van der Waals surface area (Å²) in [6.45, 7) is 5.41. The molecule has 0 N–H and O–H groups in total. The van der Waals surface area contributed by atoms with Gasteiger partial charge in [0.05, 0.1) is 25.9 Å². The molecule has 1 heterocycles. The molecule has 1 aliphatic rings. The summed E-state index contributed by atoms with van der Waals surface area (Å²) in [5.41, 5.74) is 1.16. The van der Waals surface area contributed by atoms with Crippen LogP contribution >= 0.6 is 0 Å². The van der Waals surface area contributed by atoms with Crippen molar-refractivity contribution in [1.29, 1.82) is 0 Å². The molecule has 0 spiro atoms. The number of aryl methyl sites for hydroxylation is 1. The van der Waals surface area contributed by atoms with Crippen LogP contribution < -0.4 is 4.74 Å². The first kappa shape index (κ1) is 14.9. The molecule has 1 aliphatic heterocycles. The van der Waals surface area contributed by atoms with E-state index in [2.05, 4.69) is 6.92 Å². The van der Waals surface area contributed by atoms with Gasteiger partial charge in [0, 0.05) is 13.0 Å². The summed E-state index contributed by atoms with van der Waals surface area (Å²) in [5.74, 6) is 1.05. The molecule has 0 saturated carbocycles. The van der Waals surface area contributed by atoms with Crippen molar-refractivity contribution in [2.24, 2.45) is 0 Å². The van der Waals surface area contributed by atoms with Gasteiger partial charge in [-0.05, 0) is 38.0 Å². The van der Waals surface area contributed by atoms with Crippen LogP contribution in [0.2, 0.25) is 0 Å². The van der Waals surface area contributed by atoms with E-state index in [4.69, 9.17) is 9.47 Å². The maximum Gasteiger partial charge on any atom is 0.223 e. The van der Waals surface area contributed by atoms with Gasteiger partial charge in [-0.3, -0.25) is 4.79 Å². The zero-order valence-electron chi connectivity index (χ0n) is 12.5. The van der Waals surface area contributed by atoms with E-state index in [0.717, 1.165) is 17.7 Å². The van der Waals surface area contributed by atoms with Gasteiger partial charge in [0.1, 0.15) is 5.75 Å². The fraction of sp³-hybridized carbons (Fsp3) is 0.562. The average molecular weight is 277 g/mol. The van der Waals surface area contributed by atoms with Crippen LogP contribution in [0.15, 0.2) is 24.3 Å². The van der Waals surface area contributed by atoms with Gasteiger partial charge in [-0.1, -0.05) is 12.1 Å². The number of carbonyl (C=O) groups excluding carboxylic acids is 1. The Kier molecular flexibility index (Phi) is 5.01. The van der Waals surface area contributed by atoms with Gasteiger partial charge < -0.3 is 14.4 Å². The van der Waals surface area contributed by atoms with E-state index in [1.807, 2.05) is 36.1 Å². The van der Waals surface area contributed by atoms with Crippen molar-refractivity contribution in [2.75, 3.05) is 20.3 Å². The van der Waals surface area contributed by atoms with Gasteiger partial charge in [0.2, 0.25) is 5.91 Å². The second-order valence-corrected chi connectivity index (χ2v) is 5.25. The molecule has 0 aliphatic carbocycles. The number of morpholine rings is 1. The highest BCUT2D eigenvalue weighted by Crippen LogP contribution is 2.17. The van der Waals surface area contributed by atoms with Gasteiger partial charge in [0.15, 0.2) is 0 Å². The Morgan fingerprint density at radius 2 is 2.05 bits per heavy atom. The van der Waals surface area contributed by atoms with Crippen LogP contribution in [0.1, 0.15) is 25.8 Å². The van der Waals surface area contributed by atoms with Crippen molar-refractivity contribution in [3.63, 3.8) is 0 Å². The molecule has 1 amide bonds. The number of methoxy groups -OCH3 is 1. The molecule has 0 bridgehead atoms. The summed E-state index contributed by atoms with van der Waals surface area (Å²) in [5, 5.41) is 0. The number of benzene rings is 1. The lowest BCUT2D eigenvalue weighted by Gasteiger charge is -2.38. The van der Waals surface area contributed by atoms with E-state index in [1.165, 1.54) is 0 Å². The molecule has 2 unspecified atom stereocenters. The summed E-state index contributed by atoms with van der Waals surface area (Å²) >= 11 is 0. The van der Waals surface area contributed by atoms with Crippen molar-refractivity contribution in [3.8, 4) is 5.75 Å². The van der Waals surface area contributed by atoms with Crippen molar-refractivity contribution in [2.45, 2.75) is 38.8 Å². The lowest BCUT2D eigenvalue weighted by Crippen LogP contribution is -2.51. The van der Waals surface area contributed by atoms with E-state index in [9.17, 15) is 4.79 Å². The second kappa shape index (κ2) is 6.75. The highest BCUT2D eigenvalue weighted by Gasteiger charge is 2.28. The highest BCUT2D eigenvalue weighted by molar-refractivity contribution is 5.77. The Morgan fingerprint density at radius 1 is 1.35 bits per heavy atom. The summed E-state index contributed by atoms with van der Waals surface area (Å²) in [6, 6.07) is 8.04. The first-order valence-corrected chi connectivity index (χ1v) is 7.16. The second-order valence-electron chi connectivity index (χ2n) is 5.25. The molecule has 1 aromatic rings. The molecule has 2 atom stereocenters. The first-order chi connectivity index (χ1) is 9.61. The first-order valence-electron chi connectivity index (χ1n) is 7.16. The number of amides is 1. The largest absolute Gasteiger partial charge is 0.497 e. The average Bonchev–Trinajstić information content (AvgIpc) is 2.48. The molecule has 2 rings (SSSR count).